The third kappa shape index (κ3) is 5.23. The van der Waals surface area contributed by atoms with Gasteiger partial charge < -0.3 is 9.64 Å². The second-order valence-corrected chi connectivity index (χ2v) is 6.95. The number of para-hydroxylation sites is 1. The first-order valence-electron chi connectivity index (χ1n) is 9.76. The van der Waals surface area contributed by atoms with Crippen LogP contribution in [-0.4, -0.2) is 16.9 Å². The molecule has 3 rings (SSSR count). The summed E-state index contributed by atoms with van der Waals surface area (Å²) in [5.74, 6) is 0.778. The van der Waals surface area contributed by atoms with Crippen molar-refractivity contribution >= 4 is 5.91 Å². The van der Waals surface area contributed by atoms with Crippen molar-refractivity contribution in [2.24, 2.45) is 0 Å². The molecule has 0 aliphatic rings. The predicted molar refractivity (Wildman–Crippen MR) is 113 cm³/mol. The molecule has 0 fully saturated rings. The van der Waals surface area contributed by atoms with Crippen molar-refractivity contribution in [3.63, 3.8) is 0 Å². The number of rotatable bonds is 8. The number of aryl methyl sites for hydroxylation is 1. The van der Waals surface area contributed by atoms with Gasteiger partial charge in [-0.2, -0.15) is 0 Å². The molecule has 28 heavy (non-hydrogen) atoms. The Morgan fingerprint density at radius 2 is 1.32 bits per heavy atom. The number of hydrogen-bond donors (Lipinski definition) is 0. The molecule has 144 valence electrons. The van der Waals surface area contributed by atoms with Gasteiger partial charge in [-0.1, -0.05) is 85.8 Å². The van der Waals surface area contributed by atoms with Crippen molar-refractivity contribution in [3.8, 4) is 5.75 Å². The van der Waals surface area contributed by atoms with Crippen LogP contribution >= 0.6 is 0 Å². The lowest BCUT2D eigenvalue weighted by molar-refractivity contribution is -0.140. The summed E-state index contributed by atoms with van der Waals surface area (Å²) in [4.78, 5) is 15.3. The van der Waals surface area contributed by atoms with E-state index in [-0.39, 0.29) is 5.91 Å². The van der Waals surface area contributed by atoms with Gasteiger partial charge in [0, 0.05) is 13.1 Å². The van der Waals surface area contributed by atoms with Gasteiger partial charge in [0.25, 0.3) is 5.91 Å². The molecule has 3 aromatic carbocycles. The molecule has 0 saturated heterocycles. The fourth-order valence-electron chi connectivity index (χ4n) is 3.17. The minimum absolute atomic E-state index is 0.0125. The summed E-state index contributed by atoms with van der Waals surface area (Å²) in [6.07, 6.45) is 0.112. The lowest BCUT2D eigenvalue weighted by Gasteiger charge is -2.28. The summed E-state index contributed by atoms with van der Waals surface area (Å²) in [5, 5.41) is 0. The molecule has 0 radical (unpaired) electrons. The van der Waals surface area contributed by atoms with Crippen LogP contribution in [0.1, 0.15) is 30.0 Å². The highest BCUT2D eigenvalue weighted by atomic mass is 16.5. The monoisotopic (exact) mass is 373 g/mol. The highest BCUT2D eigenvalue weighted by molar-refractivity contribution is 5.81. The first-order valence-corrected chi connectivity index (χ1v) is 9.76. The summed E-state index contributed by atoms with van der Waals surface area (Å²) < 4.78 is 6.12. The lowest BCUT2D eigenvalue weighted by Crippen LogP contribution is -2.41. The molecular weight excluding hydrogens is 346 g/mol. The number of hydrogen-bond acceptors (Lipinski definition) is 2. The Kier molecular flexibility index (Phi) is 6.85. The van der Waals surface area contributed by atoms with Crippen LogP contribution in [-0.2, 0) is 17.9 Å². The minimum atomic E-state index is -0.506. The normalized spacial score (nSPS) is 11.6. The molecule has 0 spiro atoms. The van der Waals surface area contributed by atoms with Crippen molar-refractivity contribution in [3.05, 3.63) is 102 Å². The first kappa shape index (κ1) is 19.7. The van der Waals surface area contributed by atoms with E-state index in [1.54, 1.807) is 0 Å². The molecular formula is C25H27NO2. The van der Waals surface area contributed by atoms with Crippen molar-refractivity contribution in [1.29, 1.82) is 0 Å². The van der Waals surface area contributed by atoms with Crippen LogP contribution in [0.3, 0.4) is 0 Å². The minimum Gasteiger partial charge on any atom is -0.480 e. The Hall–Kier alpha value is -3.07. The van der Waals surface area contributed by atoms with Crippen LogP contribution in [0, 0.1) is 6.92 Å². The quantitative estimate of drug-likeness (QED) is 0.530. The second kappa shape index (κ2) is 9.75. The van der Waals surface area contributed by atoms with Gasteiger partial charge in [-0.25, -0.2) is 0 Å². The van der Waals surface area contributed by atoms with Crippen molar-refractivity contribution < 1.29 is 9.53 Å². The van der Waals surface area contributed by atoms with E-state index >= 15 is 0 Å². The van der Waals surface area contributed by atoms with Gasteiger partial charge in [-0.15, -0.1) is 0 Å². The molecule has 0 aliphatic heterocycles. The van der Waals surface area contributed by atoms with Gasteiger partial charge in [0.1, 0.15) is 5.75 Å². The summed E-state index contributed by atoms with van der Waals surface area (Å²) in [5.41, 5.74) is 3.25. The summed E-state index contributed by atoms with van der Waals surface area (Å²) >= 11 is 0. The Bertz CT molecular complexity index is 836. The van der Waals surface area contributed by atoms with Gasteiger partial charge in [-0.05, 0) is 36.1 Å². The molecule has 3 heteroatoms. The zero-order valence-corrected chi connectivity index (χ0v) is 16.5. The molecule has 1 amide bonds. The van der Waals surface area contributed by atoms with Gasteiger partial charge in [0.05, 0.1) is 0 Å². The van der Waals surface area contributed by atoms with E-state index in [2.05, 4.69) is 24.3 Å². The number of benzene rings is 3. The summed E-state index contributed by atoms with van der Waals surface area (Å²) in [7, 11) is 0. The standard InChI is InChI=1S/C25H27NO2/c1-3-23(28-24-17-11-10-12-20(24)2)25(27)26(18-21-13-6-4-7-14-21)19-22-15-8-5-9-16-22/h4-17,23H,3,18-19H2,1-2H3/t23-/m1/s1. The SMILES string of the molecule is CC[C@@H](Oc1ccccc1C)C(=O)N(Cc1ccccc1)Cc1ccccc1. The summed E-state index contributed by atoms with van der Waals surface area (Å²) in [6.45, 7) is 5.10. The van der Waals surface area contributed by atoms with Crippen LogP contribution < -0.4 is 4.74 Å². The number of carbonyl (C=O) groups is 1. The Balaban J connectivity index is 1.82. The first-order chi connectivity index (χ1) is 13.7. The molecule has 0 heterocycles. The van der Waals surface area contributed by atoms with Gasteiger partial charge >= 0.3 is 0 Å². The highest BCUT2D eigenvalue weighted by Crippen LogP contribution is 2.21. The van der Waals surface area contributed by atoms with Gasteiger partial charge in [-0.3, -0.25) is 4.79 Å². The number of carbonyl (C=O) groups excluding carboxylic acids is 1. The molecule has 0 aliphatic carbocycles. The van der Waals surface area contributed by atoms with Crippen molar-refractivity contribution in [2.75, 3.05) is 0 Å². The maximum absolute atomic E-state index is 13.4. The van der Waals surface area contributed by atoms with Crippen molar-refractivity contribution in [2.45, 2.75) is 39.5 Å². The number of nitrogens with zero attached hydrogens (tertiary/aromatic N) is 1. The van der Waals surface area contributed by atoms with E-state index in [1.165, 1.54) is 0 Å². The molecule has 1 atom stereocenters. The third-order valence-electron chi connectivity index (χ3n) is 4.75. The van der Waals surface area contributed by atoms with E-state index in [0.717, 1.165) is 22.4 Å². The van der Waals surface area contributed by atoms with E-state index in [1.807, 2.05) is 79.4 Å². The van der Waals surface area contributed by atoms with Crippen LogP contribution in [0.25, 0.3) is 0 Å². The average Bonchev–Trinajstić information content (AvgIpc) is 2.74. The number of ether oxygens (including phenoxy) is 1. The molecule has 3 aromatic rings. The Morgan fingerprint density at radius 3 is 1.82 bits per heavy atom. The van der Waals surface area contributed by atoms with Gasteiger partial charge in [0.15, 0.2) is 6.10 Å². The highest BCUT2D eigenvalue weighted by Gasteiger charge is 2.25. The van der Waals surface area contributed by atoms with Crippen LogP contribution in [0.4, 0.5) is 0 Å². The maximum atomic E-state index is 13.4. The van der Waals surface area contributed by atoms with E-state index in [4.69, 9.17) is 4.74 Å². The molecule has 0 saturated carbocycles. The summed E-state index contributed by atoms with van der Waals surface area (Å²) in [6, 6.07) is 28.0. The molecule has 0 N–H and O–H groups in total. The largest absolute Gasteiger partial charge is 0.480 e. The number of amides is 1. The molecule has 0 aromatic heterocycles. The average molecular weight is 373 g/mol. The van der Waals surface area contributed by atoms with E-state index in [0.29, 0.717) is 19.5 Å². The van der Waals surface area contributed by atoms with E-state index in [9.17, 15) is 4.79 Å². The van der Waals surface area contributed by atoms with Crippen LogP contribution in [0.2, 0.25) is 0 Å². The Labute approximate surface area is 167 Å². The molecule has 0 unspecified atom stereocenters. The lowest BCUT2D eigenvalue weighted by atomic mass is 10.1. The zero-order valence-electron chi connectivity index (χ0n) is 16.5. The van der Waals surface area contributed by atoms with E-state index < -0.39 is 6.10 Å². The zero-order chi connectivity index (χ0) is 19.8. The molecule has 0 bridgehead atoms. The predicted octanol–water partition coefficient (Wildman–Crippen LogP) is 5.38. The second-order valence-electron chi connectivity index (χ2n) is 6.95. The molecule has 3 nitrogen and oxygen atoms in total. The van der Waals surface area contributed by atoms with Crippen LogP contribution in [0.5, 0.6) is 5.75 Å². The topological polar surface area (TPSA) is 29.5 Å². The van der Waals surface area contributed by atoms with Gasteiger partial charge in [0.2, 0.25) is 0 Å². The fraction of sp³-hybridized carbons (Fsp3) is 0.240. The maximum Gasteiger partial charge on any atom is 0.264 e. The third-order valence-corrected chi connectivity index (χ3v) is 4.75. The van der Waals surface area contributed by atoms with Crippen molar-refractivity contribution in [1.82, 2.24) is 4.90 Å². The fourth-order valence-corrected chi connectivity index (χ4v) is 3.17. The Morgan fingerprint density at radius 1 is 0.821 bits per heavy atom. The van der Waals surface area contributed by atoms with Crippen LogP contribution in [0.15, 0.2) is 84.9 Å². The smallest absolute Gasteiger partial charge is 0.264 e.